The van der Waals surface area contributed by atoms with E-state index in [2.05, 4.69) is 21.2 Å². The summed E-state index contributed by atoms with van der Waals surface area (Å²) in [7, 11) is 0. The van der Waals surface area contributed by atoms with Crippen LogP contribution in [-0.2, 0) is 22.6 Å². The first-order chi connectivity index (χ1) is 18.9. The van der Waals surface area contributed by atoms with E-state index in [4.69, 9.17) is 4.74 Å². The monoisotopic (exact) mass is 590 g/mol. The molecule has 0 aliphatic heterocycles. The summed E-state index contributed by atoms with van der Waals surface area (Å²) in [5.41, 5.74) is 1.64. The van der Waals surface area contributed by atoms with Gasteiger partial charge in [0.15, 0.2) is 6.61 Å². The highest BCUT2D eigenvalue weighted by atomic mass is 79.9. The summed E-state index contributed by atoms with van der Waals surface area (Å²) in [5, 5.41) is 5.06. The maximum absolute atomic E-state index is 13.8. The van der Waals surface area contributed by atoms with Gasteiger partial charge >= 0.3 is 0 Å². The molecule has 4 rings (SSSR count). The van der Waals surface area contributed by atoms with Crippen LogP contribution in [0.2, 0.25) is 0 Å². The molecule has 0 heterocycles. The normalized spacial score (nSPS) is 12.5. The van der Waals surface area contributed by atoms with Crippen molar-refractivity contribution in [1.82, 2.24) is 10.2 Å². The molecular formula is C32H32BrFN2O3. The van der Waals surface area contributed by atoms with Gasteiger partial charge in [-0.3, -0.25) is 9.59 Å². The number of carbonyl (C=O) groups excluding carboxylic acids is 2. The Bertz CT molecular complexity index is 1410. The number of hydrogen-bond donors (Lipinski definition) is 1. The van der Waals surface area contributed by atoms with Crippen LogP contribution in [0.5, 0.6) is 5.75 Å². The van der Waals surface area contributed by atoms with Crippen molar-refractivity contribution in [3.63, 3.8) is 0 Å². The second-order valence-corrected chi connectivity index (χ2v) is 10.4. The lowest BCUT2D eigenvalue weighted by molar-refractivity contribution is -0.143. The quantitative estimate of drug-likeness (QED) is 0.212. The molecule has 0 aliphatic rings. The van der Waals surface area contributed by atoms with Gasteiger partial charge in [0.2, 0.25) is 5.91 Å². The van der Waals surface area contributed by atoms with Crippen LogP contribution in [0, 0.1) is 5.82 Å². The first-order valence-corrected chi connectivity index (χ1v) is 13.8. The number of halogens is 2. The standard InChI is InChI=1S/C32H32BrFN2O3/c1-3-22(2)35-32(38)28(19-23-9-5-4-6-10-23)36(20-24-13-16-26(34)17-14-24)30(37)21-39-29-18-15-25-11-7-8-12-27(25)31(29)33/h4-18,22,28H,3,19-21H2,1-2H3,(H,35,38)/t22-,28+/m1/s1. The first-order valence-electron chi connectivity index (χ1n) is 13.0. The van der Waals surface area contributed by atoms with E-state index in [1.54, 1.807) is 12.1 Å². The maximum Gasteiger partial charge on any atom is 0.261 e. The van der Waals surface area contributed by atoms with Crippen LogP contribution in [0.15, 0.2) is 95.5 Å². The van der Waals surface area contributed by atoms with Crippen LogP contribution in [0.1, 0.15) is 31.4 Å². The first kappa shape index (κ1) is 28.3. The third kappa shape index (κ3) is 7.45. The molecule has 0 unspecified atom stereocenters. The summed E-state index contributed by atoms with van der Waals surface area (Å²) in [4.78, 5) is 28.9. The van der Waals surface area contributed by atoms with Crippen LogP contribution < -0.4 is 10.1 Å². The summed E-state index contributed by atoms with van der Waals surface area (Å²) in [5.74, 6) is -0.418. The maximum atomic E-state index is 13.8. The molecule has 0 saturated carbocycles. The fourth-order valence-electron chi connectivity index (χ4n) is 4.33. The molecule has 0 saturated heterocycles. The average molecular weight is 592 g/mol. The van der Waals surface area contributed by atoms with Crippen LogP contribution in [0.4, 0.5) is 4.39 Å². The van der Waals surface area contributed by atoms with Crippen molar-refractivity contribution >= 4 is 38.5 Å². The molecule has 5 nitrogen and oxygen atoms in total. The van der Waals surface area contributed by atoms with Gasteiger partial charge < -0.3 is 15.0 Å². The Labute approximate surface area is 237 Å². The third-order valence-corrected chi connectivity index (χ3v) is 7.54. The number of rotatable bonds is 11. The van der Waals surface area contributed by atoms with Gasteiger partial charge in [-0.25, -0.2) is 4.39 Å². The zero-order valence-electron chi connectivity index (χ0n) is 22.1. The lowest BCUT2D eigenvalue weighted by atomic mass is 10.0. The molecule has 0 radical (unpaired) electrons. The number of nitrogens with zero attached hydrogens (tertiary/aromatic N) is 1. The number of hydrogen-bond acceptors (Lipinski definition) is 3. The minimum atomic E-state index is -0.789. The minimum absolute atomic E-state index is 0.0525. The van der Waals surface area contributed by atoms with Gasteiger partial charge in [0, 0.05) is 19.0 Å². The molecule has 0 spiro atoms. The predicted octanol–water partition coefficient (Wildman–Crippen LogP) is 6.68. The Hall–Kier alpha value is -3.71. The van der Waals surface area contributed by atoms with Crippen molar-refractivity contribution in [2.24, 2.45) is 0 Å². The van der Waals surface area contributed by atoms with E-state index in [9.17, 15) is 14.0 Å². The fraction of sp³-hybridized carbons (Fsp3) is 0.250. The Kier molecular flexibility index (Phi) is 9.71. The average Bonchev–Trinajstić information content (AvgIpc) is 2.96. The highest BCUT2D eigenvalue weighted by Crippen LogP contribution is 2.33. The van der Waals surface area contributed by atoms with Crippen LogP contribution in [-0.4, -0.2) is 35.4 Å². The van der Waals surface area contributed by atoms with Crippen LogP contribution in [0.25, 0.3) is 10.8 Å². The van der Waals surface area contributed by atoms with Gasteiger partial charge in [-0.2, -0.15) is 0 Å². The molecule has 0 fully saturated rings. The minimum Gasteiger partial charge on any atom is -0.483 e. The van der Waals surface area contributed by atoms with Gasteiger partial charge in [-0.15, -0.1) is 0 Å². The molecule has 39 heavy (non-hydrogen) atoms. The van der Waals surface area contributed by atoms with E-state index in [1.807, 2.05) is 80.6 Å². The number of carbonyl (C=O) groups is 2. The molecule has 202 valence electrons. The van der Waals surface area contributed by atoms with Crippen molar-refractivity contribution < 1.29 is 18.7 Å². The van der Waals surface area contributed by atoms with E-state index < -0.39 is 6.04 Å². The van der Waals surface area contributed by atoms with E-state index in [0.717, 1.165) is 27.2 Å². The topological polar surface area (TPSA) is 58.6 Å². The molecule has 0 aromatic heterocycles. The number of nitrogens with one attached hydrogen (secondary N) is 1. The predicted molar refractivity (Wildman–Crippen MR) is 156 cm³/mol. The van der Waals surface area contributed by atoms with Gasteiger partial charge in [0.1, 0.15) is 17.6 Å². The molecule has 0 aliphatic carbocycles. The summed E-state index contributed by atoms with van der Waals surface area (Å²) in [6.45, 7) is 3.80. The highest BCUT2D eigenvalue weighted by Gasteiger charge is 2.31. The zero-order valence-corrected chi connectivity index (χ0v) is 23.7. The third-order valence-electron chi connectivity index (χ3n) is 6.72. The highest BCUT2D eigenvalue weighted by molar-refractivity contribution is 9.10. The second kappa shape index (κ2) is 13.4. The SMILES string of the molecule is CC[C@@H](C)NC(=O)[C@H](Cc1ccccc1)N(Cc1ccc(F)cc1)C(=O)COc1ccc2ccccc2c1Br. The van der Waals surface area contributed by atoms with E-state index in [0.29, 0.717) is 17.7 Å². The molecule has 2 atom stereocenters. The molecule has 0 bridgehead atoms. The summed E-state index contributed by atoms with van der Waals surface area (Å²) < 4.78 is 20.4. The number of fused-ring (bicyclic) bond motifs is 1. The van der Waals surface area contributed by atoms with Crippen molar-refractivity contribution in [3.05, 3.63) is 112 Å². The van der Waals surface area contributed by atoms with Crippen LogP contribution >= 0.6 is 15.9 Å². The van der Waals surface area contributed by atoms with Gasteiger partial charge in [0.05, 0.1) is 4.47 Å². The molecule has 4 aromatic carbocycles. The van der Waals surface area contributed by atoms with E-state index in [-0.39, 0.29) is 36.8 Å². The molecule has 1 N–H and O–H groups in total. The fourth-order valence-corrected chi connectivity index (χ4v) is 4.94. The lowest BCUT2D eigenvalue weighted by Crippen LogP contribution is -2.53. The second-order valence-electron chi connectivity index (χ2n) is 9.56. The lowest BCUT2D eigenvalue weighted by Gasteiger charge is -2.32. The molecule has 2 amide bonds. The largest absolute Gasteiger partial charge is 0.483 e. The molecule has 4 aromatic rings. The Balaban J connectivity index is 1.64. The van der Waals surface area contributed by atoms with E-state index >= 15 is 0 Å². The number of amides is 2. The Morgan fingerprint density at radius 3 is 2.33 bits per heavy atom. The van der Waals surface area contributed by atoms with Gasteiger partial charge in [0.25, 0.3) is 5.91 Å². The number of benzene rings is 4. The molecular weight excluding hydrogens is 559 g/mol. The summed E-state index contributed by atoms with van der Waals surface area (Å²) in [6.07, 6.45) is 1.09. The molecule has 7 heteroatoms. The smallest absolute Gasteiger partial charge is 0.261 e. The van der Waals surface area contributed by atoms with Crippen molar-refractivity contribution in [2.45, 2.75) is 45.3 Å². The van der Waals surface area contributed by atoms with E-state index in [1.165, 1.54) is 17.0 Å². The Morgan fingerprint density at radius 1 is 0.923 bits per heavy atom. The number of ether oxygens (including phenoxy) is 1. The zero-order chi connectivity index (χ0) is 27.8. The summed E-state index contributed by atoms with van der Waals surface area (Å²) in [6, 6.07) is 26.4. The van der Waals surface area contributed by atoms with Gasteiger partial charge in [-0.05, 0) is 69.4 Å². The van der Waals surface area contributed by atoms with Crippen molar-refractivity contribution in [1.29, 1.82) is 0 Å². The van der Waals surface area contributed by atoms with Gasteiger partial charge in [-0.1, -0.05) is 79.7 Å². The Morgan fingerprint density at radius 2 is 1.62 bits per heavy atom. The summed E-state index contributed by atoms with van der Waals surface area (Å²) >= 11 is 3.61. The van der Waals surface area contributed by atoms with Crippen molar-refractivity contribution in [3.8, 4) is 5.75 Å². The van der Waals surface area contributed by atoms with Crippen molar-refractivity contribution in [2.75, 3.05) is 6.61 Å². The van der Waals surface area contributed by atoms with Crippen LogP contribution in [0.3, 0.4) is 0 Å².